The standard InChI is InChI=1S/C19H23ClN6O/c1-13(2)26-12-22-16-17(21-11-14-3-5-15(20)6-4-14)23-19(24-18(16)26)25-7-9-27-10-8-25/h3-6,12-13H,7-11H2,1-2H3,(H,21,23,24). The number of nitrogens with zero attached hydrogens (tertiary/aromatic N) is 5. The second-order valence-corrected chi connectivity index (χ2v) is 7.31. The zero-order valence-corrected chi connectivity index (χ0v) is 16.3. The van der Waals surface area contributed by atoms with Crippen LogP contribution in [0.5, 0.6) is 0 Å². The monoisotopic (exact) mass is 386 g/mol. The summed E-state index contributed by atoms with van der Waals surface area (Å²) in [7, 11) is 0. The average molecular weight is 387 g/mol. The zero-order chi connectivity index (χ0) is 18.8. The maximum Gasteiger partial charge on any atom is 0.229 e. The van der Waals surface area contributed by atoms with Crippen molar-refractivity contribution in [3.8, 4) is 0 Å². The van der Waals surface area contributed by atoms with Gasteiger partial charge in [0.1, 0.15) is 0 Å². The number of halogens is 1. The Hall–Kier alpha value is -2.38. The molecule has 0 radical (unpaired) electrons. The first-order chi connectivity index (χ1) is 13.1. The summed E-state index contributed by atoms with van der Waals surface area (Å²) < 4.78 is 7.54. The van der Waals surface area contributed by atoms with Crippen molar-refractivity contribution in [2.45, 2.75) is 26.4 Å². The van der Waals surface area contributed by atoms with E-state index in [-0.39, 0.29) is 6.04 Å². The van der Waals surface area contributed by atoms with Crippen molar-refractivity contribution in [3.63, 3.8) is 0 Å². The summed E-state index contributed by atoms with van der Waals surface area (Å²) in [4.78, 5) is 16.3. The minimum absolute atomic E-state index is 0.270. The fourth-order valence-corrected chi connectivity index (χ4v) is 3.23. The number of anilines is 2. The number of nitrogens with one attached hydrogen (secondary N) is 1. The third kappa shape index (κ3) is 3.84. The van der Waals surface area contributed by atoms with E-state index in [1.807, 2.05) is 30.6 Å². The maximum atomic E-state index is 5.98. The molecule has 0 aliphatic carbocycles. The van der Waals surface area contributed by atoms with E-state index in [0.29, 0.717) is 25.7 Å². The molecule has 1 saturated heterocycles. The van der Waals surface area contributed by atoms with Gasteiger partial charge in [0.25, 0.3) is 0 Å². The average Bonchev–Trinajstić information content (AvgIpc) is 3.12. The predicted octanol–water partition coefficient (Wildman–Crippen LogP) is 3.51. The number of ether oxygens (including phenoxy) is 1. The molecule has 0 spiro atoms. The van der Waals surface area contributed by atoms with Gasteiger partial charge in [0.2, 0.25) is 5.95 Å². The number of benzene rings is 1. The highest BCUT2D eigenvalue weighted by Crippen LogP contribution is 2.25. The van der Waals surface area contributed by atoms with Crippen molar-refractivity contribution < 1.29 is 4.74 Å². The Kier molecular flexibility index (Phi) is 5.13. The first-order valence-corrected chi connectivity index (χ1v) is 9.55. The lowest BCUT2D eigenvalue weighted by Gasteiger charge is -2.27. The first kappa shape index (κ1) is 18.0. The molecule has 0 saturated carbocycles. The fourth-order valence-electron chi connectivity index (χ4n) is 3.10. The summed E-state index contributed by atoms with van der Waals surface area (Å²) >= 11 is 5.98. The summed E-state index contributed by atoms with van der Waals surface area (Å²) in [5, 5.41) is 4.16. The lowest BCUT2D eigenvalue weighted by atomic mass is 10.2. The van der Waals surface area contributed by atoms with Gasteiger partial charge in [-0.15, -0.1) is 0 Å². The third-order valence-electron chi connectivity index (χ3n) is 4.63. The molecule has 1 N–H and O–H groups in total. The lowest BCUT2D eigenvalue weighted by Crippen LogP contribution is -2.37. The van der Waals surface area contributed by atoms with Gasteiger partial charge < -0.3 is 19.5 Å². The molecule has 0 bridgehead atoms. The van der Waals surface area contributed by atoms with E-state index in [4.69, 9.17) is 26.3 Å². The molecule has 1 aliphatic rings. The second kappa shape index (κ2) is 7.70. The zero-order valence-electron chi connectivity index (χ0n) is 15.5. The molecule has 0 unspecified atom stereocenters. The number of aromatic nitrogens is 4. The smallest absolute Gasteiger partial charge is 0.229 e. The Balaban J connectivity index is 1.69. The van der Waals surface area contributed by atoms with Crippen LogP contribution in [0.15, 0.2) is 30.6 Å². The second-order valence-electron chi connectivity index (χ2n) is 6.87. The fraction of sp³-hybridized carbons (Fsp3) is 0.421. The van der Waals surface area contributed by atoms with Gasteiger partial charge in [0.15, 0.2) is 17.0 Å². The van der Waals surface area contributed by atoms with Crippen LogP contribution in [0.25, 0.3) is 11.2 Å². The molecule has 2 aromatic heterocycles. The van der Waals surface area contributed by atoms with Crippen LogP contribution >= 0.6 is 11.6 Å². The van der Waals surface area contributed by atoms with Crippen LogP contribution in [0.4, 0.5) is 11.8 Å². The van der Waals surface area contributed by atoms with E-state index in [9.17, 15) is 0 Å². The molecule has 8 heteroatoms. The predicted molar refractivity (Wildman–Crippen MR) is 108 cm³/mol. The number of imidazole rings is 1. The number of fused-ring (bicyclic) bond motifs is 1. The van der Waals surface area contributed by atoms with Gasteiger partial charge in [0, 0.05) is 30.7 Å². The molecule has 0 amide bonds. The van der Waals surface area contributed by atoms with E-state index in [1.54, 1.807) is 0 Å². The van der Waals surface area contributed by atoms with Crippen LogP contribution in [0.2, 0.25) is 5.02 Å². The molecule has 27 heavy (non-hydrogen) atoms. The van der Waals surface area contributed by atoms with Gasteiger partial charge in [-0.3, -0.25) is 0 Å². The number of hydrogen-bond acceptors (Lipinski definition) is 6. The SMILES string of the molecule is CC(C)n1cnc2c(NCc3ccc(Cl)cc3)nc(N3CCOCC3)nc21. The molecular formula is C19H23ClN6O. The van der Waals surface area contributed by atoms with Crippen LogP contribution in [-0.4, -0.2) is 45.8 Å². The van der Waals surface area contributed by atoms with Gasteiger partial charge >= 0.3 is 0 Å². The molecule has 142 valence electrons. The lowest BCUT2D eigenvalue weighted by molar-refractivity contribution is 0.122. The number of rotatable bonds is 5. The topological polar surface area (TPSA) is 68.1 Å². The van der Waals surface area contributed by atoms with E-state index in [0.717, 1.165) is 40.7 Å². The van der Waals surface area contributed by atoms with Crippen molar-refractivity contribution in [2.75, 3.05) is 36.5 Å². The van der Waals surface area contributed by atoms with Gasteiger partial charge in [-0.05, 0) is 31.5 Å². The maximum absolute atomic E-state index is 5.98. The molecule has 1 aromatic carbocycles. The highest BCUT2D eigenvalue weighted by atomic mass is 35.5. The molecule has 3 heterocycles. The van der Waals surface area contributed by atoms with Crippen LogP contribution in [0, 0.1) is 0 Å². The summed E-state index contributed by atoms with van der Waals surface area (Å²) in [6, 6.07) is 8.06. The van der Waals surface area contributed by atoms with E-state index in [1.165, 1.54) is 0 Å². The summed E-state index contributed by atoms with van der Waals surface area (Å²) in [5.74, 6) is 1.46. The highest BCUT2D eigenvalue weighted by molar-refractivity contribution is 6.30. The van der Waals surface area contributed by atoms with E-state index >= 15 is 0 Å². The van der Waals surface area contributed by atoms with E-state index in [2.05, 4.69) is 33.6 Å². The van der Waals surface area contributed by atoms with Crippen molar-refractivity contribution in [1.82, 2.24) is 19.5 Å². The molecule has 4 rings (SSSR count). The summed E-state index contributed by atoms with van der Waals surface area (Å²) in [5.41, 5.74) is 2.76. The Morgan fingerprint density at radius 3 is 2.59 bits per heavy atom. The molecule has 3 aromatic rings. The summed E-state index contributed by atoms with van der Waals surface area (Å²) in [6.07, 6.45) is 1.83. The minimum atomic E-state index is 0.270. The Bertz CT molecular complexity index is 918. The van der Waals surface area contributed by atoms with Crippen molar-refractivity contribution in [3.05, 3.63) is 41.2 Å². The Morgan fingerprint density at radius 1 is 1.15 bits per heavy atom. The van der Waals surface area contributed by atoms with Crippen LogP contribution < -0.4 is 10.2 Å². The van der Waals surface area contributed by atoms with Crippen molar-refractivity contribution in [2.24, 2.45) is 0 Å². The number of morpholine rings is 1. The number of hydrogen-bond donors (Lipinski definition) is 1. The Labute approximate surface area is 163 Å². The van der Waals surface area contributed by atoms with Crippen molar-refractivity contribution >= 4 is 34.5 Å². The van der Waals surface area contributed by atoms with Gasteiger partial charge in [-0.2, -0.15) is 9.97 Å². The Morgan fingerprint density at radius 2 is 1.89 bits per heavy atom. The quantitative estimate of drug-likeness (QED) is 0.723. The van der Waals surface area contributed by atoms with Crippen molar-refractivity contribution in [1.29, 1.82) is 0 Å². The molecule has 1 aliphatic heterocycles. The summed E-state index contributed by atoms with van der Waals surface area (Å²) in [6.45, 7) is 7.85. The minimum Gasteiger partial charge on any atom is -0.378 e. The van der Waals surface area contributed by atoms with Crippen LogP contribution in [-0.2, 0) is 11.3 Å². The molecule has 1 fully saturated rings. The van der Waals surface area contributed by atoms with Crippen LogP contribution in [0.3, 0.4) is 0 Å². The van der Waals surface area contributed by atoms with Gasteiger partial charge in [0.05, 0.1) is 19.5 Å². The molecule has 0 atom stereocenters. The normalized spacial score (nSPS) is 14.9. The van der Waals surface area contributed by atoms with Gasteiger partial charge in [-0.1, -0.05) is 23.7 Å². The largest absolute Gasteiger partial charge is 0.378 e. The first-order valence-electron chi connectivity index (χ1n) is 9.17. The highest BCUT2D eigenvalue weighted by Gasteiger charge is 2.19. The molecular weight excluding hydrogens is 364 g/mol. The van der Waals surface area contributed by atoms with Crippen LogP contribution in [0.1, 0.15) is 25.5 Å². The van der Waals surface area contributed by atoms with E-state index < -0.39 is 0 Å². The third-order valence-corrected chi connectivity index (χ3v) is 4.89. The molecule has 7 nitrogen and oxygen atoms in total. The van der Waals surface area contributed by atoms with Gasteiger partial charge in [-0.25, -0.2) is 4.98 Å².